The molecule has 0 aliphatic rings. The molecule has 0 aliphatic heterocycles. The maximum Gasteiger partial charge on any atom is 0.215 e. The fraction of sp³-hybridized carbons (Fsp3) is 0.143. The number of rotatable bonds is 3. The van der Waals surface area contributed by atoms with E-state index in [0.717, 1.165) is 33.5 Å². The Bertz CT molecular complexity index is 1130. The van der Waals surface area contributed by atoms with Gasteiger partial charge in [0.15, 0.2) is 0 Å². The number of phenols is 1. The van der Waals surface area contributed by atoms with Crippen LogP contribution in [0.2, 0.25) is 0 Å². The first-order chi connectivity index (χ1) is 13.0. The van der Waals surface area contributed by atoms with Gasteiger partial charge in [0.05, 0.1) is 35.1 Å². The number of aryl methyl sites for hydroxylation is 2. The summed E-state index contributed by atoms with van der Waals surface area (Å²) in [7, 11) is 1.49. The van der Waals surface area contributed by atoms with Crippen molar-refractivity contribution in [1.29, 1.82) is 5.41 Å². The molecule has 2 N–H and O–H groups in total. The number of methoxy groups -OCH3 is 1. The van der Waals surface area contributed by atoms with E-state index in [1.165, 1.54) is 7.11 Å². The summed E-state index contributed by atoms with van der Waals surface area (Å²) in [6.45, 7) is 3.74. The van der Waals surface area contributed by atoms with Crippen molar-refractivity contribution in [3.05, 3.63) is 65.5 Å². The van der Waals surface area contributed by atoms with Crippen molar-refractivity contribution < 1.29 is 14.4 Å². The molecule has 0 unspecified atom stereocenters. The third-order valence-corrected chi connectivity index (χ3v) is 4.68. The van der Waals surface area contributed by atoms with E-state index in [0.29, 0.717) is 11.3 Å². The summed E-state index contributed by atoms with van der Waals surface area (Å²) in [5, 5.41) is 23.1. The van der Waals surface area contributed by atoms with Crippen molar-refractivity contribution in [2.24, 2.45) is 0 Å². The molecule has 0 aliphatic carbocycles. The fourth-order valence-corrected chi connectivity index (χ4v) is 3.50. The Balaban J connectivity index is 2.20. The number of hydrogen-bond acceptors (Lipinski definition) is 5. The van der Waals surface area contributed by atoms with Gasteiger partial charge in [-0.3, -0.25) is 5.41 Å². The third-order valence-electron chi connectivity index (χ3n) is 4.68. The van der Waals surface area contributed by atoms with E-state index < -0.39 is 0 Å². The molecule has 0 amide bonds. The largest absolute Gasteiger partial charge is 0.508 e. The maximum atomic E-state index is 9.70. The lowest BCUT2D eigenvalue weighted by Gasteiger charge is -2.13. The number of hydrogen-bond donors (Lipinski definition) is 2. The Morgan fingerprint density at radius 1 is 1.11 bits per heavy atom. The Hall–Kier alpha value is -3.54. The number of phenolic OH excluding ortho intramolecular Hbond substituents is 1. The Morgan fingerprint density at radius 3 is 2.44 bits per heavy atom. The van der Waals surface area contributed by atoms with E-state index >= 15 is 0 Å². The van der Waals surface area contributed by atoms with Crippen molar-refractivity contribution in [2.75, 3.05) is 7.11 Å². The van der Waals surface area contributed by atoms with Crippen LogP contribution in [0.25, 0.3) is 27.8 Å². The van der Waals surface area contributed by atoms with E-state index in [9.17, 15) is 5.11 Å². The van der Waals surface area contributed by atoms with Gasteiger partial charge in [-0.15, -0.1) is 0 Å². The normalized spacial score (nSPS) is 11.1. The molecule has 0 spiro atoms. The smallest absolute Gasteiger partial charge is 0.215 e. The van der Waals surface area contributed by atoms with E-state index in [-0.39, 0.29) is 11.6 Å². The highest BCUT2D eigenvalue weighted by atomic mass is 16.5. The van der Waals surface area contributed by atoms with Crippen molar-refractivity contribution in [3.8, 4) is 22.7 Å². The Kier molecular flexibility index (Phi) is 3.96. The number of para-hydroxylation sites is 1. The molecule has 136 valence electrons. The molecule has 6 heteroatoms. The summed E-state index contributed by atoms with van der Waals surface area (Å²) in [6, 6.07) is 14.8. The molecule has 0 saturated carbocycles. The lowest BCUT2D eigenvalue weighted by Crippen LogP contribution is -2.05. The average Bonchev–Trinajstić information content (AvgIpc) is 3.18. The second-order valence-electron chi connectivity index (χ2n) is 6.32. The molecule has 0 saturated heterocycles. The van der Waals surface area contributed by atoms with E-state index in [2.05, 4.69) is 5.16 Å². The molecular weight excluding hydrogens is 342 g/mol. The second kappa shape index (κ2) is 6.32. The molecule has 27 heavy (non-hydrogen) atoms. The Labute approximate surface area is 156 Å². The van der Waals surface area contributed by atoms with E-state index in [1.807, 2.05) is 54.8 Å². The number of nitrogens with zero attached hydrogens (tertiary/aromatic N) is 2. The quantitative estimate of drug-likeness (QED) is 0.413. The standard InChI is InChI=1S/C21H19N3O3/c1-12-18(13(2)27-23-12)20-19(21(22)26-3)16-6-4-5-7-17(16)24(20)14-8-10-15(25)11-9-14/h4-11,22,25H,1-3H3. The van der Waals surface area contributed by atoms with Crippen LogP contribution in [0, 0.1) is 19.3 Å². The summed E-state index contributed by atoms with van der Waals surface area (Å²) in [6.07, 6.45) is 0. The van der Waals surface area contributed by atoms with Crippen molar-refractivity contribution in [1.82, 2.24) is 9.72 Å². The molecular formula is C21H19N3O3. The number of nitrogens with one attached hydrogen (secondary N) is 1. The van der Waals surface area contributed by atoms with Crippen molar-refractivity contribution in [3.63, 3.8) is 0 Å². The summed E-state index contributed by atoms with van der Waals surface area (Å²) < 4.78 is 12.8. The average molecular weight is 361 g/mol. The summed E-state index contributed by atoms with van der Waals surface area (Å²) in [5.74, 6) is 0.929. The van der Waals surface area contributed by atoms with Gasteiger partial charge in [-0.25, -0.2) is 0 Å². The number of aromatic nitrogens is 2. The van der Waals surface area contributed by atoms with Crippen LogP contribution in [-0.4, -0.2) is 27.8 Å². The first kappa shape index (κ1) is 16.9. The molecule has 0 bridgehead atoms. The van der Waals surface area contributed by atoms with E-state index in [1.54, 1.807) is 12.1 Å². The molecule has 0 radical (unpaired) electrons. The van der Waals surface area contributed by atoms with Gasteiger partial charge in [0.2, 0.25) is 5.90 Å². The maximum absolute atomic E-state index is 9.70. The van der Waals surface area contributed by atoms with Gasteiger partial charge in [0.1, 0.15) is 11.5 Å². The molecule has 2 aromatic carbocycles. The zero-order valence-electron chi connectivity index (χ0n) is 15.3. The number of ether oxygens (including phenoxy) is 1. The number of aromatic hydroxyl groups is 1. The van der Waals surface area contributed by atoms with Crippen molar-refractivity contribution in [2.45, 2.75) is 13.8 Å². The van der Waals surface area contributed by atoms with Crippen LogP contribution >= 0.6 is 0 Å². The monoisotopic (exact) mass is 361 g/mol. The number of fused-ring (bicyclic) bond motifs is 1. The molecule has 4 rings (SSSR count). The van der Waals surface area contributed by atoms with Crippen LogP contribution in [-0.2, 0) is 4.74 Å². The lowest BCUT2D eigenvalue weighted by atomic mass is 10.0. The minimum Gasteiger partial charge on any atom is -0.508 e. The summed E-state index contributed by atoms with van der Waals surface area (Å²) >= 11 is 0. The molecule has 0 atom stereocenters. The summed E-state index contributed by atoms with van der Waals surface area (Å²) in [5.41, 5.74) is 4.81. The predicted molar refractivity (Wildman–Crippen MR) is 104 cm³/mol. The molecule has 4 aromatic rings. The predicted octanol–water partition coefficient (Wildman–Crippen LogP) is 4.58. The van der Waals surface area contributed by atoms with Gasteiger partial charge in [-0.2, -0.15) is 0 Å². The SMILES string of the molecule is COC(=N)c1c(-c2c(C)noc2C)n(-c2ccc(O)cc2)c2ccccc12. The topological polar surface area (TPSA) is 84.3 Å². The minimum atomic E-state index is 0.0683. The minimum absolute atomic E-state index is 0.0683. The highest BCUT2D eigenvalue weighted by Crippen LogP contribution is 2.39. The number of benzene rings is 2. The molecule has 2 heterocycles. The van der Waals surface area contributed by atoms with Gasteiger partial charge < -0.3 is 18.9 Å². The lowest BCUT2D eigenvalue weighted by molar-refractivity contribution is 0.393. The van der Waals surface area contributed by atoms with Gasteiger partial charge in [0, 0.05) is 11.1 Å². The van der Waals surface area contributed by atoms with Gasteiger partial charge in [0.25, 0.3) is 0 Å². The van der Waals surface area contributed by atoms with Crippen LogP contribution in [0.1, 0.15) is 17.0 Å². The van der Waals surface area contributed by atoms with Crippen LogP contribution in [0.4, 0.5) is 0 Å². The zero-order chi connectivity index (χ0) is 19.1. The van der Waals surface area contributed by atoms with Gasteiger partial charge in [-0.05, 0) is 44.2 Å². The molecule has 2 aromatic heterocycles. The Morgan fingerprint density at radius 2 is 1.81 bits per heavy atom. The first-order valence-electron chi connectivity index (χ1n) is 8.52. The molecule has 6 nitrogen and oxygen atoms in total. The van der Waals surface area contributed by atoms with Crippen LogP contribution in [0.5, 0.6) is 5.75 Å². The van der Waals surface area contributed by atoms with Gasteiger partial charge >= 0.3 is 0 Å². The fourth-order valence-electron chi connectivity index (χ4n) is 3.50. The molecule has 0 fully saturated rings. The van der Waals surface area contributed by atoms with Crippen LogP contribution in [0.3, 0.4) is 0 Å². The summed E-state index contributed by atoms with van der Waals surface area (Å²) in [4.78, 5) is 0. The zero-order valence-corrected chi connectivity index (χ0v) is 15.3. The van der Waals surface area contributed by atoms with Crippen LogP contribution in [0.15, 0.2) is 53.1 Å². The van der Waals surface area contributed by atoms with Crippen LogP contribution < -0.4 is 0 Å². The third kappa shape index (κ3) is 2.57. The highest BCUT2D eigenvalue weighted by Gasteiger charge is 2.27. The first-order valence-corrected chi connectivity index (χ1v) is 8.52. The highest BCUT2D eigenvalue weighted by molar-refractivity contribution is 6.12. The van der Waals surface area contributed by atoms with E-state index in [4.69, 9.17) is 14.7 Å². The van der Waals surface area contributed by atoms with Crippen molar-refractivity contribution >= 4 is 16.8 Å². The van der Waals surface area contributed by atoms with Gasteiger partial charge in [-0.1, -0.05) is 23.4 Å². The second-order valence-corrected chi connectivity index (χ2v) is 6.32.